The predicted molar refractivity (Wildman–Crippen MR) is 149 cm³/mol. The van der Waals surface area contributed by atoms with Gasteiger partial charge in [-0.3, -0.25) is 0 Å². The van der Waals surface area contributed by atoms with Crippen LogP contribution >= 0.6 is 0 Å². The number of benzene rings is 4. The first-order valence-electron chi connectivity index (χ1n) is 13.0. The van der Waals surface area contributed by atoms with Crippen LogP contribution in [0.1, 0.15) is 47.0 Å². The van der Waals surface area contributed by atoms with Crippen LogP contribution in [-0.2, 0) is 22.4 Å². The van der Waals surface area contributed by atoms with Gasteiger partial charge >= 0.3 is 5.97 Å². The number of carbonyl (C=O) groups excluding carboxylic acids is 1. The third-order valence-corrected chi connectivity index (χ3v) is 6.76. The molecule has 0 bridgehead atoms. The van der Waals surface area contributed by atoms with Crippen LogP contribution in [0.15, 0.2) is 109 Å². The number of rotatable bonds is 9. The lowest BCUT2D eigenvalue weighted by molar-refractivity contribution is -0.139. The van der Waals surface area contributed by atoms with Crippen LogP contribution in [0.3, 0.4) is 0 Å². The van der Waals surface area contributed by atoms with Gasteiger partial charge in [0.05, 0.1) is 12.2 Å². The summed E-state index contributed by atoms with van der Waals surface area (Å²) in [6.45, 7) is 5.05. The van der Waals surface area contributed by atoms with Gasteiger partial charge in [0.1, 0.15) is 17.5 Å². The smallest absolute Gasteiger partial charge is 0.338 e. The quantitative estimate of drug-likeness (QED) is 0.247. The maximum atomic E-state index is 13.1. The van der Waals surface area contributed by atoms with Crippen molar-refractivity contribution in [3.8, 4) is 5.75 Å². The zero-order chi connectivity index (χ0) is 26.4. The van der Waals surface area contributed by atoms with Crippen LogP contribution in [0.5, 0.6) is 5.75 Å². The molecule has 1 N–H and O–H groups in total. The zero-order valence-electron chi connectivity index (χ0n) is 21.8. The molecular weight excluding hydrogens is 474 g/mol. The van der Waals surface area contributed by atoms with Gasteiger partial charge in [0, 0.05) is 17.8 Å². The molecule has 1 aliphatic rings. The number of anilines is 1. The fourth-order valence-electron chi connectivity index (χ4n) is 4.73. The Morgan fingerprint density at radius 2 is 1.47 bits per heavy atom. The van der Waals surface area contributed by atoms with Crippen molar-refractivity contribution >= 4 is 11.7 Å². The monoisotopic (exact) mass is 507 g/mol. The van der Waals surface area contributed by atoms with Gasteiger partial charge < -0.3 is 19.5 Å². The number of esters is 1. The number of nitrogens with one attached hydrogen (secondary N) is 1. The van der Waals surface area contributed by atoms with Gasteiger partial charge in [0.15, 0.2) is 6.10 Å². The number of ether oxygens (including phenoxy) is 3. The Balaban J connectivity index is 1.42. The van der Waals surface area contributed by atoms with Crippen molar-refractivity contribution in [3.63, 3.8) is 0 Å². The Labute approximate surface area is 224 Å². The fraction of sp³-hybridized carbons (Fsp3) is 0.242. The maximum absolute atomic E-state index is 13.1. The molecule has 5 heteroatoms. The second kappa shape index (κ2) is 11.5. The minimum atomic E-state index is -0.798. The SMILES string of the molecule is CC1(C)Oc2ccc(NCc3ccccc3)cc2C(OCCc2ccccc2)C1OC(=O)c1ccccc1. The summed E-state index contributed by atoms with van der Waals surface area (Å²) in [4.78, 5) is 13.1. The topological polar surface area (TPSA) is 56.8 Å². The van der Waals surface area contributed by atoms with E-state index >= 15 is 0 Å². The Hall–Kier alpha value is -4.09. The van der Waals surface area contributed by atoms with E-state index in [4.69, 9.17) is 14.2 Å². The molecule has 1 aliphatic heterocycles. The first-order chi connectivity index (χ1) is 18.5. The summed E-state index contributed by atoms with van der Waals surface area (Å²) in [6, 6.07) is 35.5. The molecule has 194 valence electrons. The molecule has 4 aromatic carbocycles. The van der Waals surface area contributed by atoms with Crippen molar-refractivity contribution < 1.29 is 19.0 Å². The molecule has 2 atom stereocenters. The third kappa shape index (κ3) is 6.06. The molecule has 0 saturated heterocycles. The normalized spacial score (nSPS) is 17.6. The van der Waals surface area contributed by atoms with E-state index in [9.17, 15) is 4.79 Å². The summed E-state index contributed by atoms with van der Waals surface area (Å²) in [5.41, 5.74) is 3.88. The van der Waals surface area contributed by atoms with Gasteiger partial charge in [-0.05, 0) is 61.7 Å². The molecule has 38 heavy (non-hydrogen) atoms. The maximum Gasteiger partial charge on any atom is 0.338 e. The summed E-state index contributed by atoms with van der Waals surface area (Å²) in [6.07, 6.45) is -0.398. The standard InChI is InChI=1S/C33H33NO4/c1-33(2)31(37-32(35)26-16-10-5-11-17-26)30(36-21-20-24-12-6-3-7-13-24)28-22-27(18-19-29(28)38-33)34-23-25-14-8-4-9-15-25/h3-19,22,30-31,34H,20-21,23H2,1-2H3. The molecule has 0 aromatic heterocycles. The first-order valence-corrected chi connectivity index (χ1v) is 13.0. The van der Waals surface area contributed by atoms with Crippen LogP contribution < -0.4 is 10.1 Å². The van der Waals surface area contributed by atoms with E-state index in [2.05, 4.69) is 29.6 Å². The molecule has 0 radical (unpaired) electrons. The minimum Gasteiger partial charge on any atom is -0.483 e. The van der Waals surface area contributed by atoms with E-state index in [1.165, 1.54) is 11.1 Å². The van der Waals surface area contributed by atoms with Crippen molar-refractivity contribution in [2.75, 3.05) is 11.9 Å². The second-order valence-corrected chi connectivity index (χ2v) is 10.0. The van der Waals surface area contributed by atoms with Gasteiger partial charge in [0.25, 0.3) is 0 Å². The molecular formula is C33H33NO4. The van der Waals surface area contributed by atoms with E-state index in [1.54, 1.807) is 12.1 Å². The first kappa shape index (κ1) is 25.6. The lowest BCUT2D eigenvalue weighted by Gasteiger charge is -2.43. The van der Waals surface area contributed by atoms with Crippen LogP contribution in [0.4, 0.5) is 5.69 Å². The van der Waals surface area contributed by atoms with Crippen molar-refractivity contribution in [1.82, 2.24) is 0 Å². The molecule has 4 aromatic rings. The lowest BCUT2D eigenvalue weighted by Crippen LogP contribution is -2.51. The highest BCUT2D eigenvalue weighted by molar-refractivity contribution is 5.89. The highest BCUT2D eigenvalue weighted by Gasteiger charge is 2.47. The zero-order valence-corrected chi connectivity index (χ0v) is 21.8. The largest absolute Gasteiger partial charge is 0.483 e. The average Bonchev–Trinajstić information content (AvgIpc) is 2.95. The van der Waals surface area contributed by atoms with E-state index in [-0.39, 0.29) is 0 Å². The van der Waals surface area contributed by atoms with Crippen molar-refractivity contribution in [2.24, 2.45) is 0 Å². The summed E-state index contributed by atoms with van der Waals surface area (Å²) < 4.78 is 19.1. The van der Waals surface area contributed by atoms with Crippen LogP contribution in [-0.4, -0.2) is 24.3 Å². The van der Waals surface area contributed by atoms with Crippen LogP contribution in [0.25, 0.3) is 0 Å². The summed E-state index contributed by atoms with van der Waals surface area (Å²) in [7, 11) is 0. The van der Waals surface area contributed by atoms with Gasteiger partial charge in [0.2, 0.25) is 0 Å². The molecule has 0 spiro atoms. The third-order valence-electron chi connectivity index (χ3n) is 6.76. The molecule has 0 fully saturated rings. The van der Waals surface area contributed by atoms with Gasteiger partial charge in [-0.1, -0.05) is 78.9 Å². The molecule has 2 unspecified atom stereocenters. The van der Waals surface area contributed by atoms with Gasteiger partial charge in [-0.15, -0.1) is 0 Å². The van der Waals surface area contributed by atoms with Crippen LogP contribution in [0, 0.1) is 0 Å². The molecule has 5 nitrogen and oxygen atoms in total. The number of fused-ring (bicyclic) bond motifs is 1. The minimum absolute atomic E-state index is 0.397. The molecule has 1 heterocycles. The summed E-state index contributed by atoms with van der Waals surface area (Å²) in [5.74, 6) is 0.336. The predicted octanol–water partition coefficient (Wildman–Crippen LogP) is 7.00. The number of carbonyl (C=O) groups is 1. The summed E-state index contributed by atoms with van der Waals surface area (Å²) in [5, 5.41) is 3.50. The Kier molecular flexibility index (Phi) is 7.75. The number of hydrogen-bond donors (Lipinski definition) is 1. The highest BCUT2D eigenvalue weighted by atomic mass is 16.6. The Morgan fingerprint density at radius 3 is 2.16 bits per heavy atom. The van der Waals surface area contributed by atoms with E-state index in [0.29, 0.717) is 18.7 Å². The van der Waals surface area contributed by atoms with Gasteiger partial charge in [-0.2, -0.15) is 0 Å². The molecule has 5 rings (SSSR count). The van der Waals surface area contributed by atoms with E-state index in [1.807, 2.05) is 86.6 Å². The van der Waals surface area contributed by atoms with Crippen LogP contribution in [0.2, 0.25) is 0 Å². The van der Waals surface area contributed by atoms with Crippen molar-refractivity contribution in [3.05, 3.63) is 131 Å². The molecule has 0 amide bonds. The second-order valence-electron chi connectivity index (χ2n) is 10.0. The Bertz CT molecular complexity index is 1340. The summed E-state index contributed by atoms with van der Waals surface area (Å²) >= 11 is 0. The highest BCUT2D eigenvalue weighted by Crippen LogP contribution is 2.44. The number of hydrogen-bond acceptors (Lipinski definition) is 5. The lowest BCUT2D eigenvalue weighted by atomic mass is 9.87. The molecule has 0 saturated carbocycles. The van der Waals surface area contributed by atoms with Gasteiger partial charge in [-0.25, -0.2) is 4.79 Å². The Morgan fingerprint density at radius 1 is 0.842 bits per heavy atom. The fourth-order valence-corrected chi connectivity index (χ4v) is 4.73. The van der Waals surface area contributed by atoms with Crippen molar-refractivity contribution in [1.29, 1.82) is 0 Å². The van der Waals surface area contributed by atoms with E-state index in [0.717, 1.165) is 23.4 Å². The average molecular weight is 508 g/mol. The molecule has 0 aliphatic carbocycles. The van der Waals surface area contributed by atoms with E-state index < -0.39 is 23.8 Å². The van der Waals surface area contributed by atoms with Crippen molar-refractivity contribution in [2.45, 2.75) is 44.6 Å².